The van der Waals surface area contributed by atoms with Crippen molar-refractivity contribution in [2.45, 2.75) is 19.0 Å². The van der Waals surface area contributed by atoms with Crippen LogP contribution in [0.3, 0.4) is 0 Å². The smallest absolute Gasteiger partial charge is 0.173 e. The minimum atomic E-state index is -0.783. The Bertz CT molecular complexity index is 33.2. The fourth-order valence-electron chi connectivity index (χ4n) is 0.425. The van der Waals surface area contributed by atoms with Gasteiger partial charge in [-0.15, -0.1) is 0 Å². The van der Waals surface area contributed by atoms with Crippen molar-refractivity contribution in [1.29, 1.82) is 0 Å². The average Bonchev–Trinajstić information content (AvgIpc) is 1.72. The second kappa shape index (κ2) is 4.30. The van der Waals surface area contributed by atoms with E-state index in [9.17, 15) is 0 Å². The summed E-state index contributed by atoms with van der Waals surface area (Å²) < 4.78 is 0. The molecular formula is C4H13NOSi. The van der Waals surface area contributed by atoms with Gasteiger partial charge in [-0.05, 0) is 13.5 Å². The van der Waals surface area contributed by atoms with Crippen LogP contribution in [0.1, 0.15) is 13.3 Å². The van der Waals surface area contributed by atoms with E-state index in [1.54, 1.807) is 0 Å². The van der Waals surface area contributed by atoms with Gasteiger partial charge in [0.1, 0.15) is 0 Å². The van der Waals surface area contributed by atoms with Crippen molar-refractivity contribution in [3.8, 4) is 0 Å². The summed E-state index contributed by atoms with van der Waals surface area (Å²) in [5.74, 6) is 0. The van der Waals surface area contributed by atoms with Gasteiger partial charge in [0.2, 0.25) is 0 Å². The van der Waals surface area contributed by atoms with Gasteiger partial charge in [0.15, 0.2) is 9.76 Å². The average molecular weight is 119 g/mol. The highest BCUT2D eigenvalue weighted by molar-refractivity contribution is 6.27. The zero-order chi connectivity index (χ0) is 5.70. The molecule has 0 saturated heterocycles. The van der Waals surface area contributed by atoms with Gasteiger partial charge in [0, 0.05) is 5.67 Å². The quantitative estimate of drug-likeness (QED) is 0.468. The largest absolute Gasteiger partial charge is 0.437 e. The molecule has 0 rings (SSSR count). The minimum absolute atomic E-state index is 0.431. The first-order valence-corrected chi connectivity index (χ1v) is 4.08. The molecule has 0 aromatic rings. The SMILES string of the molecule is CCC(NC)[SiH2]O. The standard InChI is InChI=1S/C4H13NOSi/c1-3-4(5-2)7-6/h4-6H,3,7H2,1-2H3. The first-order valence-electron chi connectivity index (χ1n) is 2.63. The van der Waals surface area contributed by atoms with E-state index in [-0.39, 0.29) is 0 Å². The summed E-state index contributed by atoms with van der Waals surface area (Å²) in [5.41, 5.74) is 0.431. The van der Waals surface area contributed by atoms with Crippen molar-refractivity contribution in [1.82, 2.24) is 5.32 Å². The molecule has 0 aromatic carbocycles. The summed E-state index contributed by atoms with van der Waals surface area (Å²) >= 11 is 0. The van der Waals surface area contributed by atoms with Crippen LogP contribution in [-0.2, 0) is 0 Å². The van der Waals surface area contributed by atoms with Crippen molar-refractivity contribution in [2.24, 2.45) is 0 Å². The highest BCUT2D eigenvalue weighted by Crippen LogP contribution is 1.81. The molecule has 44 valence electrons. The molecule has 2 nitrogen and oxygen atoms in total. The minimum Gasteiger partial charge on any atom is -0.437 e. The summed E-state index contributed by atoms with van der Waals surface area (Å²) in [4.78, 5) is 8.60. The molecular weight excluding hydrogens is 106 g/mol. The third kappa shape index (κ3) is 2.79. The Morgan fingerprint density at radius 2 is 2.43 bits per heavy atom. The van der Waals surface area contributed by atoms with E-state index in [1.807, 2.05) is 7.05 Å². The van der Waals surface area contributed by atoms with Crippen LogP contribution >= 0.6 is 0 Å². The summed E-state index contributed by atoms with van der Waals surface area (Å²) in [5, 5.41) is 3.01. The van der Waals surface area contributed by atoms with Crippen LogP contribution in [-0.4, -0.2) is 27.3 Å². The van der Waals surface area contributed by atoms with Crippen molar-refractivity contribution < 1.29 is 4.80 Å². The summed E-state index contributed by atoms with van der Waals surface area (Å²) in [6, 6.07) is 0. The van der Waals surface area contributed by atoms with Crippen LogP contribution in [0.5, 0.6) is 0 Å². The van der Waals surface area contributed by atoms with Crippen molar-refractivity contribution in [3.63, 3.8) is 0 Å². The summed E-state index contributed by atoms with van der Waals surface area (Å²) in [6.07, 6.45) is 1.05. The normalized spacial score (nSPS) is 15.9. The lowest BCUT2D eigenvalue weighted by molar-refractivity contribution is 0.549. The van der Waals surface area contributed by atoms with Gasteiger partial charge >= 0.3 is 0 Å². The Balaban J connectivity index is 2.99. The van der Waals surface area contributed by atoms with Gasteiger partial charge < -0.3 is 10.1 Å². The molecule has 0 radical (unpaired) electrons. The maximum absolute atomic E-state index is 8.60. The second-order valence-corrected chi connectivity index (χ2v) is 2.93. The zero-order valence-electron chi connectivity index (χ0n) is 4.94. The number of nitrogens with one attached hydrogen (secondary N) is 1. The second-order valence-electron chi connectivity index (χ2n) is 1.58. The predicted molar refractivity (Wildman–Crippen MR) is 33.9 cm³/mol. The van der Waals surface area contributed by atoms with Gasteiger partial charge in [-0.25, -0.2) is 0 Å². The topological polar surface area (TPSA) is 32.3 Å². The first kappa shape index (κ1) is 7.14. The summed E-state index contributed by atoms with van der Waals surface area (Å²) in [6.45, 7) is 2.07. The Kier molecular flexibility index (Phi) is 4.38. The Hall–Kier alpha value is 0.137. The van der Waals surface area contributed by atoms with E-state index >= 15 is 0 Å². The molecule has 0 aromatic heterocycles. The highest BCUT2D eigenvalue weighted by Gasteiger charge is 1.97. The molecule has 2 N–H and O–H groups in total. The number of hydrogen-bond donors (Lipinski definition) is 2. The van der Waals surface area contributed by atoms with Crippen molar-refractivity contribution in [3.05, 3.63) is 0 Å². The van der Waals surface area contributed by atoms with Gasteiger partial charge in [-0.2, -0.15) is 0 Å². The lowest BCUT2D eigenvalue weighted by atomic mass is 10.5. The fourth-order valence-corrected chi connectivity index (χ4v) is 0.865. The van der Waals surface area contributed by atoms with Gasteiger partial charge in [-0.3, -0.25) is 0 Å². The van der Waals surface area contributed by atoms with E-state index in [1.165, 1.54) is 0 Å². The van der Waals surface area contributed by atoms with Gasteiger partial charge in [-0.1, -0.05) is 6.92 Å². The molecule has 0 heterocycles. The molecule has 0 amide bonds. The van der Waals surface area contributed by atoms with Gasteiger partial charge in [0.05, 0.1) is 0 Å². The first-order chi connectivity index (χ1) is 3.35. The van der Waals surface area contributed by atoms with Crippen LogP contribution in [0.4, 0.5) is 0 Å². The van der Waals surface area contributed by atoms with Crippen LogP contribution in [0.15, 0.2) is 0 Å². The molecule has 0 bridgehead atoms. The monoisotopic (exact) mass is 119 g/mol. The Morgan fingerprint density at radius 3 is 2.43 bits per heavy atom. The Labute approximate surface area is 46.9 Å². The van der Waals surface area contributed by atoms with Gasteiger partial charge in [0.25, 0.3) is 0 Å². The molecule has 0 spiro atoms. The molecule has 0 saturated carbocycles. The third-order valence-electron chi connectivity index (χ3n) is 1.12. The molecule has 0 aliphatic carbocycles. The third-order valence-corrected chi connectivity index (χ3v) is 2.55. The lowest BCUT2D eigenvalue weighted by Gasteiger charge is -2.06. The fraction of sp³-hybridized carbons (Fsp3) is 1.00. The molecule has 0 fully saturated rings. The predicted octanol–water partition coefficient (Wildman–Crippen LogP) is -0.982. The molecule has 0 aliphatic heterocycles. The van der Waals surface area contributed by atoms with E-state index in [4.69, 9.17) is 4.80 Å². The van der Waals surface area contributed by atoms with Crippen LogP contribution in [0.2, 0.25) is 0 Å². The lowest BCUT2D eigenvalue weighted by Crippen LogP contribution is -2.30. The number of rotatable bonds is 3. The highest BCUT2D eigenvalue weighted by atomic mass is 28.2. The number of hydrogen-bond acceptors (Lipinski definition) is 2. The maximum Gasteiger partial charge on any atom is 0.173 e. The Morgan fingerprint density at radius 1 is 1.86 bits per heavy atom. The van der Waals surface area contributed by atoms with E-state index in [2.05, 4.69) is 12.2 Å². The molecule has 1 unspecified atom stereocenters. The molecule has 1 atom stereocenters. The van der Waals surface area contributed by atoms with E-state index in [0.717, 1.165) is 6.42 Å². The van der Waals surface area contributed by atoms with Crippen LogP contribution in [0.25, 0.3) is 0 Å². The van der Waals surface area contributed by atoms with Crippen molar-refractivity contribution in [2.75, 3.05) is 7.05 Å². The molecule has 0 aliphatic rings. The van der Waals surface area contributed by atoms with E-state index in [0.29, 0.717) is 5.67 Å². The van der Waals surface area contributed by atoms with E-state index < -0.39 is 9.76 Å². The van der Waals surface area contributed by atoms with Crippen LogP contribution in [0, 0.1) is 0 Å². The maximum atomic E-state index is 8.60. The van der Waals surface area contributed by atoms with Crippen LogP contribution < -0.4 is 5.32 Å². The van der Waals surface area contributed by atoms with Crippen molar-refractivity contribution >= 4 is 9.76 Å². The molecule has 7 heavy (non-hydrogen) atoms. The molecule has 3 heteroatoms. The zero-order valence-corrected chi connectivity index (χ0v) is 6.35. The summed E-state index contributed by atoms with van der Waals surface area (Å²) in [7, 11) is 1.10.